The number of hydrogen-bond donors (Lipinski definition) is 2. The maximum absolute atomic E-state index is 12.3. The highest BCUT2D eigenvalue weighted by atomic mass is 16.3. The number of anilines is 1. The van der Waals surface area contributed by atoms with E-state index in [0.717, 1.165) is 37.2 Å². The van der Waals surface area contributed by atoms with Crippen LogP contribution in [-0.2, 0) is 4.79 Å². The Hall–Kier alpha value is -1.39. The number of likely N-dealkylation sites (tertiary alicyclic amines) is 1. The molecule has 4 nitrogen and oxygen atoms in total. The Bertz CT molecular complexity index is 454. The van der Waals surface area contributed by atoms with Gasteiger partial charge < -0.3 is 10.4 Å². The van der Waals surface area contributed by atoms with Crippen molar-refractivity contribution in [2.45, 2.75) is 32.7 Å². The van der Waals surface area contributed by atoms with Crippen molar-refractivity contribution in [3.05, 3.63) is 29.8 Å². The Labute approximate surface area is 120 Å². The van der Waals surface area contributed by atoms with Crippen molar-refractivity contribution in [3.8, 4) is 0 Å². The molecule has 0 saturated carbocycles. The molecule has 0 bridgehead atoms. The molecule has 1 aromatic rings. The number of carbonyl (C=O) groups is 1. The second kappa shape index (κ2) is 6.86. The molecule has 20 heavy (non-hydrogen) atoms. The first-order valence-corrected chi connectivity index (χ1v) is 7.33. The molecule has 1 fully saturated rings. The average Bonchev–Trinajstić information content (AvgIpc) is 2.49. The summed E-state index contributed by atoms with van der Waals surface area (Å²) in [6.45, 7) is 5.97. The molecule has 1 aliphatic rings. The third-order valence-corrected chi connectivity index (χ3v) is 4.24. The van der Waals surface area contributed by atoms with E-state index in [-0.39, 0.29) is 18.6 Å². The Kier molecular flexibility index (Phi) is 5.15. The van der Waals surface area contributed by atoms with Gasteiger partial charge in [0.05, 0.1) is 6.04 Å². The highest BCUT2D eigenvalue weighted by molar-refractivity contribution is 5.95. The smallest absolute Gasteiger partial charge is 0.241 e. The van der Waals surface area contributed by atoms with Gasteiger partial charge in [0.25, 0.3) is 0 Å². The molecule has 1 unspecified atom stereocenters. The van der Waals surface area contributed by atoms with Gasteiger partial charge in [0.2, 0.25) is 5.91 Å². The molecule has 0 aliphatic carbocycles. The summed E-state index contributed by atoms with van der Waals surface area (Å²) in [6.07, 6.45) is 1.94. The molecule has 1 aliphatic heterocycles. The van der Waals surface area contributed by atoms with Crippen LogP contribution in [0, 0.1) is 12.8 Å². The van der Waals surface area contributed by atoms with E-state index >= 15 is 0 Å². The topological polar surface area (TPSA) is 52.6 Å². The van der Waals surface area contributed by atoms with E-state index in [9.17, 15) is 4.79 Å². The molecule has 1 saturated heterocycles. The predicted octanol–water partition coefficient (Wildman–Crippen LogP) is 2.03. The number of carbonyl (C=O) groups excluding carboxylic acids is 1. The average molecular weight is 276 g/mol. The largest absolute Gasteiger partial charge is 0.396 e. The molecular weight excluding hydrogens is 252 g/mol. The van der Waals surface area contributed by atoms with Crippen LogP contribution in [-0.4, -0.2) is 41.7 Å². The van der Waals surface area contributed by atoms with Crippen LogP contribution in [0.15, 0.2) is 24.3 Å². The molecule has 1 atom stereocenters. The number of hydrogen-bond acceptors (Lipinski definition) is 3. The van der Waals surface area contributed by atoms with Gasteiger partial charge in [-0.25, -0.2) is 0 Å². The number of piperidine rings is 1. The SMILES string of the molecule is Cc1ccccc1NC(=O)C(C)N1CCC(CO)CC1. The summed E-state index contributed by atoms with van der Waals surface area (Å²) in [4.78, 5) is 14.5. The summed E-state index contributed by atoms with van der Waals surface area (Å²) < 4.78 is 0. The quantitative estimate of drug-likeness (QED) is 0.884. The summed E-state index contributed by atoms with van der Waals surface area (Å²) in [5.41, 5.74) is 1.96. The van der Waals surface area contributed by atoms with Gasteiger partial charge in [-0.05, 0) is 57.3 Å². The summed E-state index contributed by atoms with van der Waals surface area (Å²) in [6, 6.07) is 7.69. The van der Waals surface area contributed by atoms with Gasteiger partial charge in [0, 0.05) is 12.3 Å². The molecule has 1 amide bonds. The monoisotopic (exact) mass is 276 g/mol. The van der Waals surface area contributed by atoms with Crippen molar-refractivity contribution >= 4 is 11.6 Å². The first kappa shape index (κ1) is 15.0. The van der Waals surface area contributed by atoms with Crippen LogP contribution in [0.4, 0.5) is 5.69 Å². The fourth-order valence-corrected chi connectivity index (χ4v) is 2.64. The van der Waals surface area contributed by atoms with Gasteiger partial charge in [-0.15, -0.1) is 0 Å². The third kappa shape index (κ3) is 3.58. The molecule has 2 rings (SSSR count). The van der Waals surface area contributed by atoms with Gasteiger partial charge in [0.1, 0.15) is 0 Å². The van der Waals surface area contributed by atoms with Gasteiger partial charge in [-0.2, -0.15) is 0 Å². The predicted molar refractivity (Wildman–Crippen MR) is 80.7 cm³/mol. The molecule has 1 heterocycles. The lowest BCUT2D eigenvalue weighted by Gasteiger charge is -2.34. The number of benzene rings is 1. The number of aryl methyl sites for hydroxylation is 1. The van der Waals surface area contributed by atoms with Crippen LogP contribution in [0.2, 0.25) is 0 Å². The van der Waals surface area contributed by atoms with E-state index in [1.54, 1.807) is 0 Å². The minimum absolute atomic E-state index is 0.0433. The fourth-order valence-electron chi connectivity index (χ4n) is 2.64. The van der Waals surface area contributed by atoms with Crippen molar-refractivity contribution in [1.29, 1.82) is 0 Å². The number of aliphatic hydroxyl groups is 1. The van der Waals surface area contributed by atoms with E-state index in [2.05, 4.69) is 10.2 Å². The summed E-state index contributed by atoms with van der Waals surface area (Å²) >= 11 is 0. The van der Waals surface area contributed by atoms with Crippen LogP contribution in [0.25, 0.3) is 0 Å². The summed E-state index contributed by atoms with van der Waals surface area (Å²) in [5.74, 6) is 0.444. The standard InChI is InChI=1S/C16H24N2O2/c1-12-5-3-4-6-15(12)17-16(20)13(2)18-9-7-14(11-19)8-10-18/h3-6,13-14,19H,7-11H2,1-2H3,(H,17,20). The Morgan fingerprint density at radius 3 is 2.65 bits per heavy atom. The minimum atomic E-state index is -0.130. The van der Waals surface area contributed by atoms with Crippen molar-refractivity contribution < 1.29 is 9.90 Å². The molecule has 110 valence electrons. The Morgan fingerprint density at radius 1 is 1.40 bits per heavy atom. The lowest BCUT2D eigenvalue weighted by Crippen LogP contribution is -2.46. The first-order chi connectivity index (χ1) is 9.61. The number of nitrogens with zero attached hydrogens (tertiary/aromatic N) is 1. The van der Waals surface area contributed by atoms with Crippen molar-refractivity contribution in [2.24, 2.45) is 5.92 Å². The summed E-state index contributed by atoms with van der Waals surface area (Å²) in [5, 5.41) is 12.2. The second-order valence-corrected chi connectivity index (χ2v) is 5.64. The maximum Gasteiger partial charge on any atom is 0.241 e. The number of rotatable bonds is 4. The zero-order valence-electron chi connectivity index (χ0n) is 12.3. The highest BCUT2D eigenvalue weighted by Gasteiger charge is 2.26. The molecule has 2 N–H and O–H groups in total. The van der Waals surface area contributed by atoms with Crippen LogP contribution >= 0.6 is 0 Å². The fraction of sp³-hybridized carbons (Fsp3) is 0.562. The zero-order valence-corrected chi connectivity index (χ0v) is 12.3. The number of amides is 1. The van der Waals surface area contributed by atoms with E-state index in [0.29, 0.717) is 5.92 Å². The normalized spacial score (nSPS) is 18.8. The Morgan fingerprint density at radius 2 is 2.05 bits per heavy atom. The molecule has 4 heteroatoms. The van der Waals surface area contributed by atoms with Crippen LogP contribution < -0.4 is 5.32 Å². The summed E-state index contributed by atoms with van der Waals surface area (Å²) in [7, 11) is 0. The van der Waals surface area contributed by atoms with Gasteiger partial charge >= 0.3 is 0 Å². The second-order valence-electron chi connectivity index (χ2n) is 5.64. The lowest BCUT2D eigenvalue weighted by atomic mass is 9.97. The van der Waals surface area contributed by atoms with Crippen LogP contribution in [0.5, 0.6) is 0 Å². The first-order valence-electron chi connectivity index (χ1n) is 7.33. The van der Waals surface area contributed by atoms with Crippen LogP contribution in [0.1, 0.15) is 25.3 Å². The molecule has 1 aromatic carbocycles. The van der Waals surface area contributed by atoms with E-state index in [1.807, 2.05) is 38.1 Å². The highest BCUT2D eigenvalue weighted by Crippen LogP contribution is 2.19. The molecule has 0 radical (unpaired) electrons. The number of aliphatic hydroxyl groups excluding tert-OH is 1. The zero-order chi connectivity index (χ0) is 14.5. The van der Waals surface area contributed by atoms with Gasteiger partial charge in [-0.1, -0.05) is 18.2 Å². The minimum Gasteiger partial charge on any atom is -0.396 e. The lowest BCUT2D eigenvalue weighted by molar-refractivity contribution is -0.121. The van der Waals surface area contributed by atoms with E-state index < -0.39 is 0 Å². The van der Waals surface area contributed by atoms with Gasteiger partial charge in [0.15, 0.2) is 0 Å². The molecule has 0 aromatic heterocycles. The number of nitrogens with one attached hydrogen (secondary N) is 1. The number of para-hydroxylation sites is 1. The molecule has 0 spiro atoms. The van der Waals surface area contributed by atoms with Crippen molar-refractivity contribution in [3.63, 3.8) is 0 Å². The van der Waals surface area contributed by atoms with Gasteiger partial charge in [-0.3, -0.25) is 9.69 Å². The van der Waals surface area contributed by atoms with Crippen molar-refractivity contribution in [1.82, 2.24) is 4.90 Å². The van der Waals surface area contributed by atoms with E-state index in [4.69, 9.17) is 5.11 Å². The Balaban J connectivity index is 1.91. The molecular formula is C16H24N2O2. The van der Waals surface area contributed by atoms with E-state index in [1.165, 1.54) is 0 Å². The van der Waals surface area contributed by atoms with Crippen molar-refractivity contribution in [2.75, 3.05) is 25.0 Å². The maximum atomic E-state index is 12.3. The van der Waals surface area contributed by atoms with Crippen LogP contribution in [0.3, 0.4) is 0 Å². The third-order valence-electron chi connectivity index (χ3n) is 4.24.